The summed E-state index contributed by atoms with van der Waals surface area (Å²) in [4.78, 5) is 13.2. The first-order valence-electron chi connectivity index (χ1n) is 6.61. The predicted octanol–water partition coefficient (Wildman–Crippen LogP) is 4.65. The molecule has 0 saturated heterocycles. The summed E-state index contributed by atoms with van der Waals surface area (Å²) in [5, 5.41) is 0. The van der Waals surface area contributed by atoms with Crippen LogP contribution in [0.15, 0.2) is 11.0 Å². The van der Waals surface area contributed by atoms with E-state index in [0.717, 1.165) is 28.0 Å². The molecular weight excluding hydrogens is 351 g/mol. The molecule has 21 heavy (non-hydrogen) atoms. The summed E-state index contributed by atoms with van der Waals surface area (Å²) in [6, 6.07) is 1.69. The van der Waals surface area contributed by atoms with Gasteiger partial charge in [-0.15, -0.1) is 0 Å². The van der Waals surface area contributed by atoms with Crippen LogP contribution in [0.3, 0.4) is 0 Å². The van der Waals surface area contributed by atoms with Crippen molar-refractivity contribution in [3.8, 4) is 0 Å². The first-order chi connectivity index (χ1) is 9.47. The summed E-state index contributed by atoms with van der Waals surface area (Å²) < 4.78 is 10.4. The van der Waals surface area contributed by atoms with Gasteiger partial charge in [0.05, 0.1) is 10.8 Å². The van der Waals surface area contributed by atoms with E-state index in [-0.39, 0.29) is 5.41 Å². The fourth-order valence-electron chi connectivity index (χ4n) is 2.96. The van der Waals surface area contributed by atoms with Gasteiger partial charge in [-0.05, 0) is 48.4 Å². The van der Waals surface area contributed by atoms with Crippen molar-refractivity contribution >= 4 is 51.4 Å². The number of aryl methyl sites for hydroxylation is 1. The van der Waals surface area contributed by atoms with Gasteiger partial charge < -0.3 is 0 Å². The van der Waals surface area contributed by atoms with Crippen molar-refractivity contribution in [3.63, 3.8) is 0 Å². The lowest BCUT2D eigenvalue weighted by Crippen LogP contribution is -2.31. The lowest BCUT2D eigenvalue weighted by Gasteiger charge is -2.35. The van der Waals surface area contributed by atoms with Crippen LogP contribution in [0.4, 0.5) is 0 Å². The second kappa shape index (κ2) is 5.52. The van der Waals surface area contributed by atoms with Crippen LogP contribution in [-0.4, -0.2) is 19.5 Å². The molecule has 6 heteroatoms. The van der Waals surface area contributed by atoms with Crippen molar-refractivity contribution in [1.29, 1.82) is 0 Å². The standard InChI is InChI=1S/C15H17Cl3O2S/c1-8-7-10(13(19)15(16,17)18)9(2)11-12(8)21(20)6-5-14(11,3)4/h7H,5-6H2,1-4H3. The van der Waals surface area contributed by atoms with Crippen LogP contribution in [0.2, 0.25) is 0 Å². The van der Waals surface area contributed by atoms with E-state index >= 15 is 0 Å². The minimum absolute atomic E-state index is 0.151. The number of hydrogen-bond acceptors (Lipinski definition) is 2. The zero-order valence-electron chi connectivity index (χ0n) is 12.4. The largest absolute Gasteiger partial charge is 0.289 e. The molecule has 2 nitrogen and oxygen atoms in total. The number of alkyl halides is 3. The molecule has 0 amide bonds. The van der Waals surface area contributed by atoms with Crippen molar-refractivity contribution in [1.82, 2.24) is 0 Å². The SMILES string of the molecule is Cc1cc(C(=O)C(Cl)(Cl)Cl)c(C)c2c1S(=O)CCC2(C)C. The summed E-state index contributed by atoms with van der Waals surface area (Å²) in [6.07, 6.45) is 0.804. The number of benzene rings is 1. The lowest BCUT2D eigenvalue weighted by atomic mass is 9.77. The third-order valence-corrected chi connectivity index (χ3v) is 6.12. The van der Waals surface area contributed by atoms with Crippen LogP contribution in [0.5, 0.6) is 0 Å². The average Bonchev–Trinajstić information content (AvgIpc) is 2.34. The summed E-state index contributed by atoms with van der Waals surface area (Å²) in [5.74, 6) is 0.0981. The van der Waals surface area contributed by atoms with Crippen molar-refractivity contribution in [2.24, 2.45) is 0 Å². The second-order valence-electron chi connectivity index (χ2n) is 6.08. The molecule has 116 valence electrons. The third-order valence-electron chi connectivity index (χ3n) is 4.04. The Hall–Kier alpha value is -0.0900. The van der Waals surface area contributed by atoms with Gasteiger partial charge in [0.25, 0.3) is 3.79 Å². The molecule has 0 N–H and O–H groups in total. The molecule has 1 aliphatic rings. The van der Waals surface area contributed by atoms with Crippen molar-refractivity contribution in [2.45, 2.75) is 48.2 Å². The number of Topliss-reactive ketones (excluding diaryl/α,β-unsaturated/α-hetero) is 1. The van der Waals surface area contributed by atoms with Crippen LogP contribution in [-0.2, 0) is 16.2 Å². The molecule has 2 rings (SSSR count). The maximum Gasteiger partial charge on any atom is 0.253 e. The molecule has 1 aliphatic heterocycles. The minimum atomic E-state index is -1.98. The van der Waals surface area contributed by atoms with E-state index < -0.39 is 20.4 Å². The van der Waals surface area contributed by atoms with Crippen LogP contribution in [0, 0.1) is 13.8 Å². The lowest BCUT2D eigenvalue weighted by molar-refractivity contribution is 0.0995. The third kappa shape index (κ3) is 3.03. The molecule has 0 aromatic heterocycles. The predicted molar refractivity (Wildman–Crippen MR) is 89.5 cm³/mol. The average molecular weight is 368 g/mol. The number of fused-ring (bicyclic) bond motifs is 1. The minimum Gasteiger partial charge on any atom is -0.289 e. The van der Waals surface area contributed by atoms with Crippen LogP contribution in [0.1, 0.15) is 47.3 Å². The maximum atomic E-state index is 12.4. The first-order valence-corrected chi connectivity index (χ1v) is 9.06. The Bertz CT molecular complexity index is 645. The summed E-state index contributed by atoms with van der Waals surface area (Å²) in [7, 11) is -1.04. The van der Waals surface area contributed by atoms with E-state index in [1.807, 2.05) is 13.8 Å². The first kappa shape index (κ1) is 17.3. The van der Waals surface area contributed by atoms with Gasteiger partial charge in [-0.3, -0.25) is 9.00 Å². The van der Waals surface area contributed by atoms with Gasteiger partial charge in [0.15, 0.2) is 0 Å². The molecule has 0 radical (unpaired) electrons. The molecule has 1 aromatic rings. The van der Waals surface area contributed by atoms with Crippen molar-refractivity contribution in [3.05, 3.63) is 28.3 Å². The molecule has 0 aliphatic carbocycles. The van der Waals surface area contributed by atoms with Gasteiger partial charge in [0.1, 0.15) is 0 Å². The van der Waals surface area contributed by atoms with Gasteiger partial charge in [-0.1, -0.05) is 48.7 Å². The van der Waals surface area contributed by atoms with Crippen LogP contribution < -0.4 is 0 Å². The Labute approximate surface area is 142 Å². The van der Waals surface area contributed by atoms with Crippen molar-refractivity contribution in [2.75, 3.05) is 5.75 Å². The van der Waals surface area contributed by atoms with Crippen molar-refractivity contribution < 1.29 is 9.00 Å². The number of ketones is 1. The number of rotatable bonds is 1. The highest BCUT2D eigenvalue weighted by Crippen LogP contribution is 2.43. The van der Waals surface area contributed by atoms with E-state index in [0.29, 0.717) is 11.3 Å². The summed E-state index contributed by atoms with van der Waals surface area (Å²) >= 11 is 17.2. The molecule has 1 aromatic carbocycles. The molecule has 1 heterocycles. The Kier molecular flexibility index (Phi) is 4.54. The smallest absolute Gasteiger partial charge is 0.253 e. The van der Waals surface area contributed by atoms with Crippen LogP contribution in [0.25, 0.3) is 0 Å². The van der Waals surface area contributed by atoms with Gasteiger partial charge in [-0.2, -0.15) is 0 Å². The Morgan fingerprint density at radius 3 is 2.38 bits per heavy atom. The fourth-order valence-corrected chi connectivity index (χ4v) is 5.24. The molecular formula is C15H17Cl3O2S. The van der Waals surface area contributed by atoms with E-state index in [4.69, 9.17) is 34.8 Å². The maximum absolute atomic E-state index is 12.4. The number of carbonyl (C=O) groups is 1. The van der Waals surface area contributed by atoms with E-state index in [2.05, 4.69) is 13.8 Å². The molecule has 0 spiro atoms. The van der Waals surface area contributed by atoms with Gasteiger partial charge >= 0.3 is 0 Å². The number of hydrogen-bond donors (Lipinski definition) is 0. The Morgan fingerprint density at radius 2 is 1.86 bits per heavy atom. The zero-order valence-corrected chi connectivity index (χ0v) is 15.4. The van der Waals surface area contributed by atoms with E-state index in [9.17, 15) is 9.00 Å². The van der Waals surface area contributed by atoms with E-state index in [1.165, 1.54) is 0 Å². The molecule has 0 fully saturated rings. The Morgan fingerprint density at radius 1 is 1.29 bits per heavy atom. The number of halogens is 3. The fraction of sp³-hybridized carbons (Fsp3) is 0.533. The summed E-state index contributed by atoms with van der Waals surface area (Å²) in [6.45, 7) is 7.88. The Balaban J connectivity index is 2.78. The number of carbonyl (C=O) groups excluding carboxylic acids is 1. The highest BCUT2D eigenvalue weighted by Gasteiger charge is 2.38. The topological polar surface area (TPSA) is 34.1 Å². The molecule has 0 saturated carbocycles. The zero-order chi connectivity index (χ0) is 16.2. The van der Waals surface area contributed by atoms with Gasteiger partial charge in [-0.25, -0.2) is 0 Å². The summed E-state index contributed by atoms with van der Waals surface area (Å²) in [5.41, 5.74) is 2.80. The highest BCUT2D eigenvalue weighted by molar-refractivity contribution is 7.85. The van der Waals surface area contributed by atoms with Crippen LogP contribution >= 0.6 is 34.8 Å². The van der Waals surface area contributed by atoms with E-state index in [1.54, 1.807) is 6.07 Å². The molecule has 0 bridgehead atoms. The molecule has 1 atom stereocenters. The second-order valence-corrected chi connectivity index (χ2v) is 9.87. The van der Waals surface area contributed by atoms with Gasteiger partial charge in [0.2, 0.25) is 5.78 Å². The molecule has 1 unspecified atom stereocenters. The monoisotopic (exact) mass is 366 g/mol. The quantitative estimate of drug-likeness (QED) is 0.535. The highest BCUT2D eigenvalue weighted by atomic mass is 35.6. The normalized spacial score (nSPS) is 21.0. The van der Waals surface area contributed by atoms with Gasteiger partial charge in [0, 0.05) is 16.2 Å².